The van der Waals surface area contributed by atoms with Crippen LogP contribution in [-0.2, 0) is 6.42 Å². The van der Waals surface area contributed by atoms with Gasteiger partial charge in [-0.15, -0.1) is 0 Å². The molecule has 0 aromatic carbocycles. The van der Waals surface area contributed by atoms with E-state index in [9.17, 15) is 0 Å². The highest BCUT2D eigenvalue weighted by molar-refractivity contribution is 5.76. The van der Waals surface area contributed by atoms with Crippen LogP contribution in [0, 0.1) is 0 Å². The minimum absolute atomic E-state index is 0.533. The molecule has 0 atom stereocenters. The van der Waals surface area contributed by atoms with Crippen LogP contribution in [0.3, 0.4) is 0 Å². The topological polar surface area (TPSA) is 65.0 Å². The number of hydrogen-bond donors (Lipinski definition) is 0. The first-order valence-corrected chi connectivity index (χ1v) is 4.49. The summed E-state index contributed by atoms with van der Waals surface area (Å²) < 4.78 is 10.2. The molecule has 0 saturated carbocycles. The van der Waals surface area contributed by atoms with Crippen LogP contribution in [0.1, 0.15) is 11.6 Å². The lowest BCUT2D eigenvalue weighted by molar-refractivity contribution is 0.409. The average molecular weight is 201 g/mol. The fourth-order valence-electron chi connectivity index (χ4n) is 1.45. The van der Waals surface area contributed by atoms with E-state index in [1.165, 1.54) is 6.39 Å². The summed E-state index contributed by atoms with van der Waals surface area (Å²) in [5, 5.41) is 4.70. The fourth-order valence-corrected chi connectivity index (χ4v) is 1.45. The summed E-state index contributed by atoms with van der Waals surface area (Å²) in [5.74, 6) is 1.42. The molecule has 0 amide bonds. The summed E-state index contributed by atoms with van der Waals surface area (Å²) >= 11 is 0. The van der Waals surface area contributed by atoms with Crippen molar-refractivity contribution in [1.29, 1.82) is 0 Å². The summed E-state index contributed by atoms with van der Waals surface area (Å²) in [6, 6.07) is 3.76. The van der Waals surface area contributed by atoms with Gasteiger partial charge in [0.1, 0.15) is 11.3 Å². The van der Waals surface area contributed by atoms with Crippen molar-refractivity contribution in [2.45, 2.75) is 6.42 Å². The van der Waals surface area contributed by atoms with Crippen molar-refractivity contribution in [1.82, 2.24) is 15.1 Å². The molecule has 0 fully saturated rings. The lowest BCUT2D eigenvalue weighted by Gasteiger charge is -1.87. The third-order valence-electron chi connectivity index (χ3n) is 2.11. The van der Waals surface area contributed by atoms with Crippen molar-refractivity contribution < 1.29 is 8.94 Å². The number of aromatic nitrogens is 3. The summed E-state index contributed by atoms with van der Waals surface area (Å²) in [5.41, 5.74) is 0.823. The molecular formula is C10H7N3O2. The zero-order valence-corrected chi connectivity index (χ0v) is 7.75. The molecule has 0 aliphatic carbocycles. The van der Waals surface area contributed by atoms with E-state index in [1.807, 2.05) is 12.1 Å². The third-order valence-corrected chi connectivity index (χ3v) is 2.11. The first kappa shape index (κ1) is 8.16. The van der Waals surface area contributed by atoms with Crippen molar-refractivity contribution in [3.8, 4) is 0 Å². The quantitative estimate of drug-likeness (QED) is 0.632. The van der Waals surface area contributed by atoms with Gasteiger partial charge in [0.2, 0.25) is 6.39 Å². The van der Waals surface area contributed by atoms with Gasteiger partial charge >= 0.3 is 0 Å². The zero-order valence-electron chi connectivity index (χ0n) is 7.75. The summed E-state index contributed by atoms with van der Waals surface area (Å²) in [4.78, 5) is 7.94. The van der Waals surface area contributed by atoms with Crippen molar-refractivity contribution in [3.63, 3.8) is 0 Å². The highest BCUT2D eigenvalue weighted by Crippen LogP contribution is 2.19. The van der Waals surface area contributed by atoms with Gasteiger partial charge in [-0.05, 0) is 12.1 Å². The lowest BCUT2D eigenvalue weighted by Crippen LogP contribution is -1.87. The third kappa shape index (κ3) is 1.48. The lowest BCUT2D eigenvalue weighted by atomic mass is 10.3. The maximum Gasteiger partial charge on any atom is 0.213 e. The normalized spacial score (nSPS) is 10.9. The van der Waals surface area contributed by atoms with Gasteiger partial charge in [0.15, 0.2) is 5.82 Å². The molecule has 3 aromatic heterocycles. The molecule has 15 heavy (non-hydrogen) atoms. The van der Waals surface area contributed by atoms with Gasteiger partial charge in [-0.3, -0.25) is 4.98 Å². The summed E-state index contributed by atoms with van der Waals surface area (Å²) in [7, 11) is 0. The molecule has 0 unspecified atom stereocenters. The number of rotatable bonds is 2. The smallest absolute Gasteiger partial charge is 0.213 e. The second-order valence-electron chi connectivity index (χ2n) is 3.15. The van der Waals surface area contributed by atoms with Gasteiger partial charge in [-0.2, -0.15) is 4.98 Å². The molecule has 0 saturated heterocycles. The monoisotopic (exact) mass is 201 g/mol. The fraction of sp³-hybridized carbons (Fsp3) is 0.100. The molecule has 3 heterocycles. The predicted octanol–water partition coefficient (Wildman–Crippen LogP) is 1.80. The molecule has 74 valence electrons. The minimum atomic E-state index is 0.533. The summed E-state index contributed by atoms with van der Waals surface area (Å²) in [6.45, 7) is 0. The van der Waals surface area contributed by atoms with Crippen molar-refractivity contribution >= 4 is 11.0 Å². The second kappa shape index (κ2) is 3.20. The molecule has 0 radical (unpaired) electrons. The second-order valence-corrected chi connectivity index (χ2v) is 3.15. The Labute approximate surface area is 84.7 Å². The van der Waals surface area contributed by atoms with Crippen LogP contribution >= 0.6 is 0 Å². The Balaban J connectivity index is 1.98. The average Bonchev–Trinajstić information content (AvgIpc) is 2.86. The highest BCUT2D eigenvalue weighted by Gasteiger charge is 2.06. The molecule has 0 N–H and O–H groups in total. The van der Waals surface area contributed by atoms with Crippen LogP contribution in [0.25, 0.3) is 11.0 Å². The van der Waals surface area contributed by atoms with Crippen molar-refractivity contribution in [2.24, 2.45) is 0 Å². The maximum absolute atomic E-state index is 5.58. The van der Waals surface area contributed by atoms with Gasteiger partial charge < -0.3 is 8.94 Å². The highest BCUT2D eigenvalue weighted by atomic mass is 16.5. The van der Waals surface area contributed by atoms with Crippen LogP contribution in [-0.4, -0.2) is 15.1 Å². The number of furan rings is 1. The van der Waals surface area contributed by atoms with Gasteiger partial charge in [-0.1, -0.05) is 5.16 Å². The van der Waals surface area contributed by atoms with Gasteiger partial charge in [-0.25, -0.2) is 0 Å². The Hall–Kier alpha value is -2.17. The van der Waals surface area contributed by atoms with E-state index in [2.05, 4.69) is 19.6 Å². The van der Waals surface area contributed by atoms with Crippen LogP contribution in [0.2, 0.25) is 0 Å². The van der Waals surface area contributed by atoms with E-state index in [1.54, 1.807) is 12.4 Å². The molecule has 5 nitrogen and oxygen atoms in total. The largest absolute Gasteiger partial charge is 0.460 e. The van der Waals surface area contributed by atoms with E-state index in [0.717, 1.165) is 16.7 Å². The number of hydrogen-bond acceptors (Lipinski definition) is 5. The Kier molecular flexibility index (Phi) is 1.74. The van der Waals surface area contributed by atoms with Crippen LogP contribution in [0.4, 0.5) is 0 Å². The zero-order chi connectivity index (χ0) is 10.1. The Bertz CT molecular complexity index is 538. The Morgan fingerprint density at radius 1 is 1.33 bits per heavy atom. The molecule has 0 aliphatic heterocycles. The van der Waals surface area contributed by atoms with E-state index in [-0.39, 0.29) is 0 Å². The first-order valence-electron chi connectivity index (χ1n) is 4.49. The molecule has 0 spiro atoms. The van der Waals surface area contributed by atoms with Crippen molar-refractivity contribution in [2.75, 3.05) is 0 Å². The molecule has 0 aliphatic rings. The standard InChI is InChI=1S/C10H7N3O2/c1-2-11-5-7-3-8(15-9(1)7)4-10-12-6-14-13-10/h1-3,5-6H,4H2. The molecule has 3 rings (SSSR count). The maximum atomic E-state index is 5.58. The molecule has 3 aromatic rings. The molecular weight excluding hydrogens is 194 g/mol. The minimum Gasteiger partial charge on any atom is -0.460 e. The van der Waals surface area contributed by atoms with Gasteiger partial charge in [0.05, 0.1) is 6.42 Å². The van der Waals surface area contributed by atoms with Crippen LogP contribution in [0.5, 0.6) is 0 Å². The predicted molar refractivity (Wildman–Crippen MR) is 51.1 cm³/mol. The van der Waals surface area contributed by atoms with Crippen LogP contribution in [0.15, 0.2) is 39.9 Å². The Morgan fingerprint density at radius 2 is 2.33 bits per heavy atom. The van der Waals surface area contributed by atoms with E-state index in [0.29, 0.717) is 12.2 Å². The van der Waals surface area contributed by atoms with E-state index >= 15 is 0 Å². The van der Waals surface area contributed by atoms with E-state index < -0.39 is 0 Å². The molecule has 5 heteroatoms. The summed E-state index contributed by atoms with van der Waals surface area (Å²) in [6.07, 6.45) is 5.30. The molecule has 0 bridgehead atoms. The number of pyridine rings is 1. The van der Waals surface area contributed by atoms with Gasteiger partial charge in [0, 0.05) is 17.8 Å². The SMILES string of the molecule is c1cc2oc(Cc3ncon3)cc2cn1. The van der Waals surface area contributed by atoms with Crippen molar-refractivity contribution in [3.05, 3.63) is 42.5 Å². The number of nitrogens with zero attached hydrogens (tertiary/aromatic N) is 3. The van der Waals surface area contributed by atoms with Gasteiger partial charge in [0.25, 0.3) is 0 Å². The first-order chi connectivity index (χ1) is 7.42. The number of fused-ring (bicyclic) bond motifs is 1. The Morgan fingerprint density at radius 3 is 3.13 bits per heavy atom. The van der Waals surface area contributed by atoms with Crippen LogP contribution < -0.4 is 0 Å². The van der Waals surface area contributed by atoms with E-state index in [4.69, 9.17) is 4.42 Å².